The van der Waals surface area contributed by atoms with E-state index in [4.69, 9.17) is 28.4 Å². The van der Waals surface area contributed by atoms with Gasteiger partial charge in [-0.1, -0.05) is 0 Å². The first-order valence-corrected chi connectivity index (χ1v) is 11.4. The lowest BCUT2D eigenvalue weighted by Crippen LogP contribution is -2.14. The number of amides is 1. The van der Waals surface area contributed by atoms with Gasteiger partial charge < -0.3 is 33.7 Å². The summed E-state index contributed by atoms with van der Waals surface area (Å²) in [4.78, 5) is 17.8. The lowest BCUT2D eigenvalue weighted by molar-refractivity contribution is 0.101. The number of methoxy groups -OCH3 is 6. The van der Waals surface area contributed by atoms with Crippen molar-refractivity contribution in [2.45, 2.75) is 0 Å². The summed E-state index contributed by atoms with van der Waals surface area (Å²) in [5.41, 5.74) is 1.74. The van der Waals surface area contributed by atoms with Gasteiger partial charge >= 0.3 is 0 Å². The fourth-order valence-electron chi connectivity index (χ4n) is 3.81. The zero-order valence-corrected chi connectivity index (χ0v) is 21.9. The molecule has 4 aromatic rings. The summed E-state index contributed by atoms with van der Waals surface area (Å²) in [6, 6.07) is 15.7. The fourth-order valence-corrected chi connectivity index (χ4v) is 3.81. The number of ether oxygens (including phenoxy) is 6. The molecule has 0 aliphatic heterocycles. The van der Waals surface area contributed by atoms with Crippen molar-refractivity contribution in [2.75, 3.05) is 48.0 Å². The molecule has 0 spiro atoms. The van der Waals surface area contributed by atoms with E-state index in [2.05, 4.69) is 15.4 Å². The molecule has 11 nitrogen and oxygen atoms in total. The fraction of sp³-hybridized carbons (Fsp3) is 0.222. The van der Waals surface area contributed by atoms with Crippen LogP contribution in [0.1, 0.15) is 10.6 Å². The molecular weight excluding hydrogens is 492 g/mol. The molecule has 3 aromatic carbocycles. The number of nitrogens with zero attached hydrogens (tertiary/aromatic N) is 3. The Morgan fingerprint density at radius 1 is 0.711 bits per heavy atom. The maximum Gasteiger partial charge on any atom is 0.295 e. The monoisotopic (exact) mass is 520 g/mol. The largest absolute Gasteiger partial charge is 0.497 e. The summed E-state index contributed by atoms with van der Waals surface area (Å²) in [6.07, 6.45) is 0. The van der Waals surface area contributed by atoms with E-state index >= 15 is 0 Å². The Labute approximate surface area is 219 Å². The molecule has 38 heavy (non-hydrogen) atoms. The van der Waals surface area contributed by atoms with Crippen LogP contribution in [0, 0.1) is 0 Å². The van der Waals surface area contributed by atoms with Crippen molar-refractivity contribution in [1.82, 2.24) is 14.8 Å². The van der Waals surface area contributed by atoms with Crippen molar-refractivity contribution in [3.63, 3.8) is 0 Å². The van der Waals surface area contributed by atoms with Gasteiger partial charge in [0.15, 0.2) is 28.8 Å². The molecule has 1 heterocycles. The van der Waals surface area contributed by atoms with Crippen LogP contribution in [0.4, 0.5) is 5.69 Å². The van der Waals surface area contributed by atoms with Gasteiger partial charge in [0.05, 0.1) is 48.3 Å². The van der Waals surface area contributed by atoms with E-state index in [1.807, 2.05) is 12.1 Å². The van der Waals surface area contributed by atoms with Crippen LogP contribution in [-0.2, 0) is 0 Å². The van der Waals surface area contributed by atoms with Gasteiger partial charge in [0.1, 0.15) is 5.75 Å². The number of anilines is 1. The van der Waals surface area contributed by atoms with Crippen LogP contribution in [0.25, 0.3) is 17.1 Å². The first kappa shape index (κ1) is 26.1. The van der Waals surface area contributed by atoms with Gasteiger partial charge in [0, 0.05) is 17.3 Å². The van der Waals surface area contributed by atoms with Gasteiger partial charge in [-0.05, 0) is 48.5 Å². The molecule has 0 fully saturated rings. The predicted octanol–water partition coefficient (Wildman–Crippen LogP) is 4.24. The number of carbonyl (C=O) groups is 1. The normalized spacial score (nSPS) is 10.5. The van der Waals surface area contributed by atoms with E-state index in [-0.39, 0.29) is 5.82 Å². The minimum Gasteiger partial charge on any atom is -0.497 e. The average Bonchev–Trinajstić information content (AvgIpc) is 3.42. The van der Waals surface area contributed by atoms with Crippen LogP contribution in [0.5, 0.6) is 34.5 Å². The van der Waals surface area contributed by atoms with E-state index in [1.165, 1.54) is 35.5 Å². The first-order valence-electron chi connectivity index (χ1n) is 11.4. The van der Waals surface area contributed by atoms with Gasteiger partial charge in [0.2, 0.25) is 11.6 Å². The summed E-state index contributed by atoms with van der Waals surface area (Å²) >= 11 is 0. The Kier molecular flexibility index (Phi) is 7.86. The maximum absolute atomic E-state index is 13.2. The molecule has 0 saturated heterocycles. The zero-order chi connectivity index (χ0) is 27.2. The van der Waals surface area contributed by atoms with Crippen molar-refractivity contribution >= 4 is 11.6 Å². The molecule has 0 aliphatic rings. The topological polar surface area (TPSA) is 115 Å². The lowest BCUT2D eigenvalue weighted by Gasteiger charge is -2.14. The molecule has 1 N–H and O–H groups in total. The Bertz CT molecular complexity index is 1410. The van der Waals surface area contributed by atoms with E-state index in [0.29, 0.717) is 57.3 Å². The average molecular weight is 521 g/mol. The van der Waals surface area contributed by atoms with Crippen LogP contribution in [0.3, 0.4) is 0 Å². The summed E-state index contributed by atoms with van der Waals surface area (Å²) in [6.45, 7) is 0. The van der Waals surface area contributed by atoms with Crippen molar-refractivity contribution in [2.24, 2.45) is 0 Å². The Balaban J connectivity index is 1.80. The highest BCUT2D eigenvalue weighted by Crippen LogP contribution is 2.41. The van der Waals surface area contributed by atoms with Crippen molar-refractivity contribution in [1.29, 1.82) is 0 Å². The number of rotatable bonds is 10. The molecule has 0 saturated carbocycles. The minimum atomic E-state index is -0.516. The summed E-state index contributed by atoms with van der Waals surface area (Å²) in [5.74, 6) is 2.79. The van der Waals surface area contributed by atoms with Gasteiger partial charge in [-0.15, -0.1) is 5.10 Å². The Morgan fingerprint density at radius 2 is 1.34 bits per heavy atom. The number of benzene rings is 3. The molecule has 0 atom stereocenters. The molecule has 1 amide bonds. The van der Waals surface area contributed by atoms with Crippen molar-refractivity contribution in [3.8, 4) is 51.6 Å². The van der Waals surface area contributed by atoms with Gasteiger partial charge in [-0.25, -0.2) is 9.67 Å². The second kappa shape index (κ2) is 11.4. The zero-order valence-electron chi connectivity index (χ0n) is 21.9. The van der Waals surface area contributed by atoms with Crippen LogP contribution >= 0.6 is 0 Å². The Morgan fingerprint density at radius 3 is 1.89 bits per heavy atom. The number of nitrogens with one attached hydrogen (secondary N) is 1. The lowest BCUT2D eigenvalue weighted by atomic mass is 10.1. The summed E-state index contributed by atoms with van der Waals surface area (Å²) in [7, 11) is 9.22. The predicted molar refractivity (Wildman–Crippen MR) is 141 cm³/mol. The smallest absolute Gasteiger partial charge is 0.295 e. The molecule has 0 aliphatic carbocycles. The second-order valence-corrected chi connectivity index (χ2v) is 7.81. The van der Waals surface area contributed by atoms with E-state index in [1.54, 1.807) is 54.3 Å². The minimum absolute atomic E-state index is 0.0562. The van der Waals surface area contributed by atoms with E-state index < -0.39 is 5.91 Å². The quantitative estimate of drug-likeness (QED) is 0.328. The third-order valence-corrected chi connectivity index (χ3v) is 5.69. The van der Waals surface area contributed by atoms with Gasteiger partial charge in [-0.2, -0.15) is 0 Å². The van der Waals surface area contributed by atoms with E-state index in [0.717, 1.165) is 0 Å². The summed E-state index contributed by atoms with van der Waals surface area (Å²) < 4.78 is 33.9. The highest BCUT2D eigenvalue weighted by molar-refractivity contribution is 6.02. The Hall–Kier alpha value is -4.93. The first-order chi connectivity index (χ1) is 18.5. The molecule has 11 heteroatoms. The highest BCUT2D eigenvalue weighted by Gasteiger charge is 2.23. The second-order valence-electron chi connectivity index (χ2n) is 7.81. The molecule has 0 bridgehead atoms. The van der Waals surface area contributed by atoms with Gasteiger partial charge in [-0.3, -0.25) is 4.79 Å². The third kappa shape index (κ3) is 5.12. The highest BCUT2D eigenvalue weighted by atomic mass is 16.5. The number of hydrogen-bond donors (Lipinski definition) is 1. The van der Waals surface area contributed by atoms with Crippen molar-refractivity contribution < 1.29 is 33.2 Å². The summed E-state index contributed by atoms with van der Waals surface area (Å²) in [5, 5.41) is 7.33. The van der Waals surface area contributed by atoms with E-state index in [9.17, 15) is 4.79 Å². The SMILES string of the molecule is COc1ccc(-n2nc(C(=O)Nc3ccc(OC)c(OC)c3)nc2-c2cc(OC)c(OC)c(OC)c2)cc1. The molecule has 0 radical (unpaired) electrons. The van der Waals surface area contributed by atoms with Crippen LogP contribution in [-0.4, -0.2) is 63.3 Å². The van der Waals surface area contributed by atoms with Crippen LogP contribution < -0.4 is 33.7 Å². The van der Waals surface area contributed by atoms with Gasteiger partial charge in [0.25, 0.3) is 5.91 Å². The maximum atomic E-state index is 13.2. The number of carbonyl (C=O) groups excluding carboxylic acids is 1. The van der Waals surface area contributed by atoms with Crippen LogP contribution in [0.15, 0.2) is 54.6 Å². The standard InChI is InChI=1S/C27H28N4O7/c1-33-19-10-8-18(9-11-19)31-26(16-13-22(36-4)24(38-6)23(14-16)37-5)29-25(30-31)27(32)28-17-7-12-20(34-2)21(15-17)35-3/h7-15H,1-6H3,(H,28,32). The molecule has 198 valence electrons. The van der Waals surface area contributed by atoms with Crippen molar-refractivity contribution in [3.05, 3.63) is 60.4 Å². The third-order valence-electron chi connectivity index (χ3n) is 5.69. The van der Waals surface area contributed by atoms with Crippen LogP contribution in [0.2, 0.25) is 0 Å². The number of hydrogen-bond acceptors (Lipinski definition) is 9. The number of aromatic nitrogens is 3. The molecular formula is C27H28N4O7. The molecule has 1 aromatic heterocycles. The molecule has 4 rings (SSSR count). The molecule has 0 unspecified atom stereocenters.